The molecule has 2 N–H and O–H groups in total. The van der Waals surface area contributed by atoms with E-state index < -0.39 is 5.97 Å². The number of halogens is 1. The summed E-state index contributed by atoms with van der Waals surface area (Å²) in [7, 11) is 1.74. The second-order valence-corrected chi connectivity index (χ2v) is 9.56. The number of aliphatic hydroxyl groups is 1. The van der Waals surface area contributed by atoms with Crippen LogP contribution < -0.4 is 0 Å². The van der Waals surface area contributed by atoms with Crippen LogP contribution in [0.2, 0.25) is 0 Å². The van der Waals surface area contributed by atoms with Gasteiger partial charge in [0.1, 0.15) is 0 Å². The molecule has 2 fully saturated rings. The van der Waals surface area contributed by atoms with Gasteiger partial charge < -0.3 is 14.9 Å². The molecule has 2 saturated carbocycles. The Morgan fingerprint density at radius 1 is 1.34 bits per heavy atom. The van der Waals surface area contributed by atoms with E-state index in [1.165, 1.54) is 6.42 Å². The predicted octanol–water partition coefficient (Wildman–Crippen LogP) is 5.07. The SMILES string of the molecule is COC1CC(Cl)[C@H](CCc2ccc(C(=O)O)cc2)[C@H]1/C=C/CC(O)C1(C)CCC1. The van der Waals surface area contributed by atoms with E-state index in [1.807, 2.05) is 12.1 Å². The maximum atomic E-state index is 11.0. The number of carbonyl (C=O) groups is 1. The van der Waals surface area contributed by atoms with E-state index in [-0.39, 0.29) is 28.9 Å². The first kappa shape index (κ1) is 22.3. The third kappa shape index (κ3) is 5.22. The van der Waals surface area contributed by atoms with Crippen molar-refractivity contribution < 1.29 is 19.7 Å². The molecule has 3 unspecified atom stereocenters. The minimum atomic E-state index is -0.903. The minimum absolute atomic E-state index is 0.0574. The fraction of sp³-hybridized carbons (Fsp3) is 0.625. The van der Waals surface area contributed by atoms with Crippen LogP contribution in [0.5, 0.6) is 0 Å². The molecule has 0 aliphatic heterocycles. The second kappa shape index (κ2) is 9.63. The maximum absolute atomic E-state index is 11.0. The van der Waals surface area contributed by atoms with Crippen molar-refractivity contribution in [3.8, 4) is 0 Å². The number of aryl methyl sites for hydroxylation is 1. The molecule has 1 aromatic rings. The zero-order chi connectivity index (χ0) is 21.0. The monoisotopic (exact) mass is 420 g/mol. The Bertz CT molecular complexity index is 710. The van der Waals surface area contributed by atoms with Gasteiger partial charge in [0.2, 0.25) is 0 Å². The Morgan fingerprint density at radius 2 is 2.03 bits per heavy atom. The molecule has 2 aliphatic rings. The second-order valence-electron chi connectivity index (χ2n) is 9.00. The van der Waals surface area contributed by atoms with Crippen molar-refractivity contribution in [3.63, 3.8) is 0 Å². The topological polar surface area (TPSA) is 66.8 Å². The Hall–Kier alpha value is -1.36. The Morgan fingerprint density at radius 3 is 2.59 bits per heavy atom. The van der Waals surface area contributed by atoms with E-state index in [2.05, 4.69) is 19.1 Å². The van der Waals surface area contributed by atoms with Crippen molar-refractivity contribution in [1.29, 1.82) is 0 Å². The van der Waals surface area contributed by atoms with Crippen molar-refractivity contribution in [2.24, 2.45) is 17.3 Å². The van der Waals surface area contributed by atoms with Crippen molar-refractivity contribution in [2.45, 2.75) is 69.5 Å². The molecule has 4 nitrogen and oxygen atoms in total. The molecule has 5 heteroatoms. The van der Waals surface area contributed by atoms with Crippen LogP contribution in [0.15, 0.2) is 36.4 Å². The highest BCUT2D eigenvalue weighted by atomic mass is 35.5. The largest absolute Gasteiger partial charge is 0.478 e. The number of carboxylic acid groups (broad SMARTS) is 1. The number of benzene rings is 1. The number of hydrogen-bond donors (Lipinski definition) is 2. The summed E-state index contributed by atoms with van der Waals surface area (Å²) in [4.78, 5) is 11.0. The highest BCUT2D eigenvalue weighted by Crippen LogP contribution is 2.45. The Kier molecular flexibility index (Phi) is 7.42. The van der Waals surface area contributed by atoms with Crippen molar-refractivity contribution in [3.05, 3.63) is 47.5 Å². The van der Waals surface area contributed by atoms with Crippen molar-refractivity contribution in [1.82, 2.24) is 0 Å². The number of aromatic carboxylic acids is 1. The molecule has 1 aromatic carbocycles. The van der Waals surface area contributed by atoms with Gasteiger partial charge in [-0.3, -0.25) is 0 Å². The first-order valence-corrected chi connectivity index (χ1v) is 11.1. The number of rotatable bonds is 9. The van der Waals surface area contributed by atoms with E-state index in [4.69, 9.17) is 21.4 Å². The van der Waals surface area contributed by atoms with Gasteiger partial charge in [-0.15, -0.1) is 11.6 Å². The van der Waals surface area contributed by atoms with Gasteiger partial charge in [-0.25, -0.2) is 4.79 Å². The minimum Gasteiger partial charge on any atom is -0.478 e. The highest BCUT2D eigenvalue weighted by molar-refractivity contribution is 6.21. The summed E-state index contributed by atoms with van der Waals surface area (Å²) in [6, 6.07) is 7.08. The van der Waals surface area contributed by atoms with Crippen LogP contribution in [0, 0.1) is 17.3 Å². The smallest absolute Gasteiger partial charge is 0.335 e. The molecule has 0 radical (unpaired) electrons. The van der Waals surface area contributed by atoms with Crippen LogP contribution in [-0.2, 0) is 11.2 Å². The van der Waals surface area contributed by atoms with E-state index >= 15 is 0 Å². The fourth-order valence-electron chi connectivity index (χ4n) is 4.83. The summed E-state index contributed by atoms with van der Waals surface area (Å²) in [5.41, 5.74) is 1.51. The molecular weight excluding hydrogens is 388 g/mol. The fourth-order valence-corrected chi connectivity index (χ4v) is 5.30. The number of alkyl halides is 1. The van der Waals surface area contributed by atoms with Gasteiger partial charge in [-0.2, -0.15) is 0 Å². The van der Waals surface area contributed by atoms with Crippen LogP contribution in [0.4, 0.5) is 0 Å². The molecular formula is C24H33ClO4. The molecule has 160 valence electrons. The first-order chi connectivity index (χ1) is 13.8. The molecule has 29 heavy (non-hydrogen) atoms. The highest BCUT2D eigenvalue weighted by Gasteiger charge is 2.41. The van der Waals surface area contributed by atoms with Crippen LogP contribution in [0.1, 0.15) is 61.4 Å². The van der Waals surface area contributed by atoms with Crippen LogP contribution in [0.3, 0.4) is 0 Å². The zero-order valence-corrected chi connectivity index (χ0v) is 18.1. The van der Waals surface area contributed by atoms with Crippen LogP contribution in [0.25, 0.3) is 0 Å². The molecule has 0 saturated heterocycles. The third-order valence-electron chi connectivity index (χ3n) is 7.13. The number of hydrogen-bond acceptors (Lipinski definition) is 3. The van der Waals surface area contributed by atoms with Gasteiger partial charge in [0, 0.05) is 18.4 Å². The first-order valence-electron chi connectivity index (χ1n) is 10.7. The quantitative estimate of drug-likeness (QED) is 0.432. The summed E-state index contributed by atoms with van der Waals surface area (Å²) in [6.07, 6.45) is 10.9. The number of aliphatic hydroxyl groups excluding tert-OH is 1. The van der Waals surface area contributed by atoms with Crippen molar-refractivity contribution >= 4 is 17.6 Å². The van der Waals surface area contributed by atoms with E-state index in [1.54, 1.807) is 19.2 Å². The zero-order valence-electron chi connectivity index (χ0n) is 17.4. The lowest BCUT2D eigenvalue weighted by Crippen LogP contribution is -2.38. The molecule has 0 heterocycles. The average molecular weight is 421 g/mol. The van der Waals surface area contributed by atoms with Gasteiger partial charge >= 0.3 is 5.97 Å². The summed E-state index contributed by atoms with van der Waals surface area (Å²) in [6.45, 7) is 2.18. The summed E-state index contributed by atoms with van der Waals surface area (Å²) in [5, 5.41) is 19.6. The standard InChI is InChI=1S/C24H33ClO4/c1-24(13-4-14-24)22(26)6-3-5-19-18(20(25)15-21(19)29-2)12-9-16-7-10-17(11-8-16)23(27)28/h3,5,7-8,10-11,18-22,26H,4,6,9,12-15H2,1-2H3,(H,27,28)/b5-3+/t18-,19-,20?,21?,22?/m1/s1. The lowest BCUT2D eigenvalue weighted by molar-refractivity contribution is -0.0177. The van der Waals surface area contributed by atoms with Gasteiger partial charge in [0.25, 0.3) is 0 Å². The van der Waals surface area contributed by atoms with Crippen LogP contribution in [-0.4, -0.2) is 40.9 Å². The molecule has 0 amide bonds. The normalized spacial score (nSPS) is 29.7. The molecule has 2 aliphatic carbocycles. The van der Waals surface area contributed by atoms with E-state index in [0.717, 1.165) is 37.7 Å². The summed E-state index contributed by atoms with van der Waals surface area (Å²) < 4.78 is 5.71. The van der Waals surface area contributed by atoms with Gasteiger partial charge in [0.15, 0.2) is 0 Å². The predicted molar refractivity (Wildman–Crippen MR) is 115 cm³/mol. The maximum Gasteiger partial charge on any atom is 0.335 e. The average Bonchev–Trinajstić information content (AvgIpc) is 2.99. The van der Waals surface area contributed by atoms with E-state index in [9.17, 15) is 9.90 Å². The van der Waals surface area contributed by atoms with Crippen molar-refractivity contribution in [2.75, 3.05) is 7.11 Å². The number of methoxy groups -OCH3 is 1. The number of carboxylic acids is 1. The van der Waals surface area contributed by atoms with Gasteiger partial charge in [0.05, 0.1) is 17.8 Å². The molecule has 5 atom stereocenters. The lowest BCUT2D eigenvalue weighted by Gasteiger charge is -2.42. The Labute approximate surface area is 178 Å². The molecule has 0 spiro atoms. The third-order valence-corrected chi connectivity index (χ3v) is 7.64. The molecule has 0 aromatic heterocycles. The molecule has 0 bridgehead atoms. The van der Waals surface area contributed by atoms with Gasteiger partial charge in [-0.1, -0.05) is 37.6 Å². The van der Waals surface area contributed by atoms with E-state index in [0.29, 0.717) is 17.9 Å². The van der Waals surface area contributed by atoms with Gasteiger partial charge in [-0.05, 0) is 67.6 Å². The summed E-state index contributed by atoms with van der Waals surface area (Å²) >= 11 is 6.68. The number of ether oxygens (including phenoxy) is 1. The lowest BCUT2D eigenvalue weighted by atomic mass is 9.66. The summed E-state index contributed by atoms with van der Waals surface area (Å²) in [5.74, 6) is -0.366. The molecule has 3 rings (SSSR count). The Balaban J connectivity index is 1.60. The van der Waals surface area contributed by atoms with Crippen LogP contribution >= 0.6 is 11.6 Å².